The zero-order valence-corrected chi connectivity index (χ0v) is 82.3. The predicted octanol–water partition coefficient (Wildman–Crippen LogP) is 13.1. The van der Waals surface area contributed by atoms with E-state index in [1.165, 1.54) is 24.1 Å². The monoisotopic (exact) mass is 1890 g/mol. The second kappa shape index (κ2) is 59.7. The number of allylic oxidation sites excluding steroid dienone is 5. The number of ether oxygens (including phenoxy) is 16. The van der Waals surface area contributed by atoms with E-state index in [9.17, 15) is 47.4 Å². The number of hydrogen-bond donors (Lipinski definition) is 3. The number of methoxy groups -OCH3 is 4. The van der Waals surface area contributed by atoms with Crippen molar-refractivity contribution >= 4 is 68.1 Å². The molecule has 3 aromatic rings. The molecule has 132 heavy (non-hydrogen) atoms. The third-order valence-electron chi connectivity index (χ3n) is 25.1. The molecule has 16 atom stereocenters. The highest BCUT2D eigenvalue weighted by Gasteiger charge is 2.53. The first-order valence-corrected chi connectivity index (χ1v) is 49.4. The summed E-state index contributed by atoms with van der Waals surface area (Å²) in [5.74, 6) is -6.14. The van der Waals surface area contributed by atoms with E-state index < -0.39 is 87.8 Å². The molecule has 0 unspecified atom stereocenters. The fourth-order valence-corrected chi connectivity index (χ4v) is 18.9. The van der Waals surface area contributed by atoms with E-state index in [0.29, 0.717) is 223 Å². The standard InChI is InChI=1S/C64H105NO17S.C36H47N3O9S/c1-13-76-30-31-78-34-35-79-33-32-77-29-19-23-57(83)80-52-27-25-49(39-56(52)74-11)38-45(5)55-41-54(73-10)44(4)37-47(7)59(67)60(75-12)58(66)46(6)36-42(2)20-15-14-16-21-43(3)53(72-9)40-50-26-24-48(8)64(71,82-50)61(68)62(69)65-28-18-17-22-51(65)63(70)81-55;1-3-44-16-17-46-20-21-47-19-18-45-14-12-31(40)5-4-22-49(42,43)32-8-9-33(27(2)23-32)36(41)39-13-15-48-34-10-6-28(24-30(34)26-39)29-7-11-35(37)38-25-29/h14-16,20-21,37,42,44-46,48-56,59-60,67,71H,13,17-19,22-36,38-41H2,1-12H3;6-11,23-25H,3-5,12-22,26H2,1-2H3,(H2,37,38)/b16-14+,20-15+,43-21+,47-37+;/t42-,44-,45-,46-,48-,49+,50+,51+,52-,53+,54-,55+,56-,59-,60+,64-;/m1./s1. The number of pyridine rings is 1. The number of amides is 2. The van der Waals surface area contributed by atoms with Crippen LogP contribution in [0.25, 0.3) is 11.1 Å². The SMILES string of the molecule is CCOCCOCCOCCOCCC(=O)CCCS(=O)(=O)c1ccc(C(=O)N2CCOc3ccc(-c4ccc(N)nc4)cc3C2)c(C)c1.CCOCCOCCOCCOCCCC(=S)O[C@@H]1CC[C@@H](C[C@@H](C)[C@@H]2C[C@@H](OC)[C@H](C)/C=C(\C)[C@@H](O)[C@@H](OC)C(=O)[C@H](C)C[C@H](C)/C=C/C=C/C=C(\C)[C@@H](OC)C[C@@H]3CC[C@@H](C)[C@@](O)(O3)C(=O)C(=O)N3CCCC[C@H]3C(=O)O2)C[C@H]1OC. The molecule has 0 spiro atoms. The number of rotatable bonds is 42. The number of aryl methyl sites for hydroxylation is 1. The molecular formula is C100H152N4O26S2. The summed E-state index contributed by atoms with van der Waals surface area (Å²) in [4.78, 5) is 90.9. The zero-order chi connectivity index (χ0) is 96.1. The van der Waals surface area contributed by atoms with Crippen LogP contribution in [0.2, 0.25) is 0 Å². The van der Waals surface area contributed by atoms with Gasteiger partial charge < -0.3 is 102 Å². The molecule has 740 valence electrons. The smallest absolute Gasteiger partial charge is 0.329 e. The quantitative estimate of drug-likeness (QED) is 0.0156. The summed E-state index contributed by atoms with van der Waals surface area (Å²) >= 11 is 5.69. The summed E-state index contributed by atoms with van der Waals surface area (Å²) in [6.07, 6.45) is 16.4. The second-order valence-electron chi connectivity index (χ2n) is 35.2. The van der Waals surface area contributed by atoms with Crippen molar-refractivity contribution in [3.8, 4) is 16.9 Å². The summed E-state index contributed by atoms with van der Waals surface area (Å²) in [6.45, 7) is 28.0. The maximum Gasteiger partial charge on any atom is 0.329 e. The van der Waals surface area contributed by atoms with Crippen molar-refractivity contribution in [1.82, 2.24) is 14.8 Å². The lowest BCUT2D eigenvalue weighted by Crippen LogP contribution is -2.61. The number of thiocarbonyl (C=S) groups is 1. The van der Waals surface area contributed by atoms with Gasteiger partial charge in [-0.05, 0) is 206 Å². The van der Waals surface area contributed by atoms with Crippen LogP contribution < -0.4 is 10.5 Å². The molecular weight excluding hydrogens is 1740 g/mol. The van der Waals surface area contributed by atoms with Crippen molar-refractivity contribution in [3.63, 3.8) is 0 Å². The molecule has 2 saturated heterocycles. The lowest BCUT2D eigenvalue weighted by atomic mass is 9.78. The molecule has 1 aromatic heterocycles. The van der Waals surface area contributed by atoms with Crippen LogP contribution in [0.1, 0.15) is 193 Å². The molecule has 4 N–H and O–H groups in total. The van der Waals surface area contributed by atoms with Gasteiger partial charge >= 0.3 is 5.97 Å². The van der Waals surface area contributed by atoms with Crippen molar-refractivity contribution in [2.24, 2.45) is 35.5 Å². The molecule has 2 bridgehead atoms. The minimum atomic E-state index is -3.65. The first kappa shape index (κ1) is 112. The Hall–Kier alpha value is -7.19. The predicted molar refractivity (Wildman–Crippen MR) is 506 cm³/mol. The molecule has 5 aliphatic rings. The Bertz CT molecular complexity index is 4260. The van der Waals surface area contributed by atoms with Crippen LogP contribution in [-0.2, 0) is 111 Å². The number of cyclic esters (lactones) is 1. The van der Waals surface area contributed by atoms with Crippen molar-refractivity contribution in [2.75, 3.05) is 165 Å². The summed E-state index contributed by atoms with van der Waals surface area (Å²) in [5.41, 5.74) is 10.8. The first-order valence-electron chi connectivity index (χ1n) is 47.3. The van der Waals surface area contributed by atoms with Gasteiger partial charge in [0.25, 0.3) is 17.6 Å². The minimum Gasteiger partial charge on any atom is -0.491 e. The number of anilines is 1. The van der Waals surface area contributed by atoms with Gasteiger partial charge in [0.2, 0.25) is 5.79 Å². The Balaban J connectivity index is 0.000000411. The number of aliphatic hydroxyl groups excluding tert-OH is 1. The number of aliphatic hydroxyl groups is 2. The van der Waals surface area contributed by atoms with Crippen molar-refractivity contribution in [1.29, 1.82) is 0 Å². The van der Waals surface area contributed by atoms with Crippen LogP contribution >= 0.6 is 12.2 Å². The lowest BCUT2D eigenvalue weighted by molar-refractivity contribution is -0.265. The lowest BCUT2D eigenvalue weighted by Gasteiger charge is -2.43. The molecule has 5 heterocycles. The van der Waals surface area contributed by atoms with Crippen molar-refractivity contribution in [2.45, 2.75) is 250 Å². The first-order chi connectivity index (χ1) is 63.4. The van der Waals surface area contributed by atoms with E-state index in [1.807, 2.05) is 109 Å². The van der Waals surface area contributed by atoms with Gasteiger partial charge in [-0.1, -0.05) is 77.1 Å². The molecule has 1 saturated carbocycles. The molecule has 4 aliphatic heterocycles. The van der Waals surface area contributed by atoms with Gasteiger partial charge in [-0.15, -0.1) is 0 Å². The number of Topliss-reactive ketones (excluding diaryl/α,β-unsaturated/α-hetero) is 3. The topological polar surface area (TPSA) is 370 Å². The van der Waals surface area contributed by atoms with Crippen LogP contribution in [0.4, 0.5) is 5.82 Å². The average Bonchev–Trinajstić information content (AvgIpc) is 1.22. The molecule has 3 fully saturated rings. The number of piperidine rings is 1. The molecule has 1 aliphatic carbocycles. The highest BCUT2D eigenvalue weighted by molar-refractivity contribution is 7.91. The number of esters is 1. The number of fused-ring (bicyclic) bond motifs is 4. The number of nitrogen functional groups attached to an aromatic ring is 1. The van der Waals surface area contributed by atoms with Gasteiger partial charge in [-0.3, -0.25) is 24.0 Å². The Labute approximate surface area is 788 Å². The molecule has 30 nitrogen and oxygen atoms in total. The largest absolute Gasteiger partial charge is 0.491 e. The summed E-state index contributed by atoms with van der Waals surface area (Å²) < 4.78 is 119. The van der Waals surface area contributed by atoms with Gasteiger partial charge in [-0.2, -0.15) is 0 Å². The second-order valence-corrected chi connectivity index (χ2v) is 37.8. The molecule has 2 amide bonds. The Morgan fingerprint density at radius 3 is 1.95 bits per heavy atom. The molecule has 0 radical (unpaired) electrons. The van der Waals surface area contributed by atoms with Crippen LogP contribution in [0.5, 0.6) is 5.75 Å². The third-order valence-corrected chi connectivity index (χ3v) is 27.2. The number of hydrogen-bond acceptors (Lipinski definition) is 29. The van der Waals surface area contributed by atoms with Gasteiger partial charge in [0.1, 0.15) is 54.4 Å². The zero-order valence-electron chi connectivity index (χ0n) is 80.6. The summed E-state index contributed by atoms with van der Waals surface area (Å²) in [6, 6.07) is 12.9. The van der Waals surface area contributed by atoms with Gasteiger partial charge in [-0.25, -0.2) is 18.2 Å². The molecule has 2 aromatic carbocycles. The van der Waals surface area contributed by atoms with E-state index in [1.54, 1.807) is 65.3 Å². The average molecular weight is 1890 g/mol. The number of benzene rings is 2. The number of nitrogens with zero attached hydrogens (tertiary/aromatic N) is 3. The normalized spacial score (nSPS) is 26.9. The summed E-state index contributed by atoms with van der Waals surface area (Å²) in [7, 11) is 2.65. The van der Waals surface area contributed by atoms with E-state index in [0.717, 1.165) is 28.7 Å². The Morgan fingerprint density at radius 1 is 0.667 bits per heavy atom. The number of sulfone groups is 1. The Kier molecular flexibility index (Phi) is 50.6. The third kappa shape index (κ3) is 36.7. The van der Waals surface area contributed by atoms with E-state index in [-0.39, 0.29) is 109 Å². The highest BCUT2D eigenvalue weighted by Crippen LogP contribution is 2.40. The van der Waals surface area contributed by atoms with Gasteiger partial charge in [0, 0.05) is 134 Å². The van der Waals surface area contributed by atoms with Crippen LogP contribution in [-0.4, -0.2) is 294 Å². The maximum atomic E-state index is 14.8. The molecule has 8 rings (SSSR count). The van der Waals surface area contributed by atoms with Crippen LogP contribution in [0.15, 0.2) is 107 Å². The van der Waals surface area contributed by atoms with Crippen LogP contribution in [0.3, 0.4) is 0 Å². The summed E-state index contributed by atoms with van der Waals surface area (Å²) in [5, 5.41) is 24.4. The maximum absolute atomic E-state index is 14.8. The van der Waals surface area contributed by atoms with Crippen molar-refractivity contribution in [3.05, 3.63) is 119 Å². The van der Waals surface area contributed by atoms with E-state index in [4.69, 9.17) is 93.7 Å². The van der Waals surface area contributed by atoms with Crippen LogP contribution in [0, 0.1) is 42.4 Å². The highest BCUT2D eigenvalue weighted by atomic mass is 32.2. The van der Waals surface area contributed by atoms with Crippen molar-refractivity contribution < 1.29 is 123 Å². The van der Waals surface area contributed by atoms with Gasteiger partial charge in [0.05, 0.1) is 127 Å². The minimum absolute atomic E-state index is 0.0336. The van der Waals surface area contributed by atoms with E-state index >= 15 is 0 Å². The Morgan fingerprint density at radius 2 is 1.32 bits per heavy atom. The van der Waals surface area contributed by atoms with Gasteiger partial charge in [0.15, 0.2) is 20.7 Å². The van der Waals surface area contributed by atoms with E-state index in [2.05, 4.69) is 4.98 Å². The molecule has 32 heteroatoms. The number of nitrogens with two attached hydrogens (primary N) is 1. The number of carbonyl (C=O) groups excluding carboxylic acids is 6. The number of ketones is 3. The number of carbonyl (C=O) groups is 6. The number of aromatic nitrogens is 1. The fourth-order valence-electron chi connectivity index (χ4n) is 17.3. The fraction of sp³-hybridized carbons (Fsp3) is 0.680.